The summed E-state index contributed by atoms with van der Waals surface area (Å²) in [6.45, 7) is 2.61. The summed E-state index contributed by atoms with van der Waals surface area (Å²) in [7, 11) is 0. The van der Waals surface area contributed by atoms with Crippen molar-refractivity contribution in [2.24, 2.45) is 0 Å². The number of ether oxygens (including phenoxy) is 2. The van der Waals surface area contributed by atoms with Crippen molar-refractivity contribution in [1.82, 2.24) is 0 Å². The largest absolute Gasteiger partial charge is 0.490 e. The molecule has 1 atom stereocenters. The van der Waals surface area contributed by atoms with Crippen LogP contribution in [0.5, 0.6) is 11.5 Å². The van der Waals surface area contributed by atoms with Crippen molar-refractivity contribution in [3.8, 4) is 11.5 Å². The highest BCUT2D eigenvalue weighted by Crippen LogP contribution is 2.36. The second kappa shape index (κ2) is 6.59. The molecule has 1 aliphatic heterocycles. The Morgan fingerprint density at radius 3 is 2.60 bits per heavy atom. The number of aliphatic carboxylic acids is 1. The molecule has 110 valence electrons. The highest BCUT2D eigenvalue weighted by molar-refractivity contribution is 5.66. The Labute approximate surface area is 117 Å². The minimum Gasteiger partial charge on any atom is -0.490 e. The van der Waals surface area contributed by atoms with E-state index >= 15 is 0 Å². The van der Waals surface area contributed by atoms with Crippen LogP contribution in [-0.4, -0.2) is 24.3 Å². The van der Waals surface area contributed by atoms with Gasteiger partial charge in [0.1, 0.15) is 6.17 Å². The molecule has 4 nitrogen and oxygen atoms in total. The topological polar surface area (TPSA) is 55.8 Å². The number of carboxylic acids is 1. The van der Waals surface area contributed by atoms with Crippen LogP contribution in [0.15, 0.2) is 12.1 Å². The van der Waals surface area contributed by atoms with E-state index in [1.807, 2.05) is 0 Å². The molecule has 0 spiro atoms. The van der Waals surface area contributed by atoms with E-state index in [0.717, 1.165) is 12.0 Å². The molecule has 5 heteroatoms. The fourth-order valence-electron chi connectivity index (χ4n) is 2.28. The van der Waals surface area contributed by atoms with Crippen molar-refractivity contribution in [2.45, 2.75) is 38.8 Å². The molecule has 0 bridgehead atoms. The van der Waals surface area contributed by atoms with Gasteiger partial charge in [-0.25, -0.2) is 4.39 Å². The number of carbonyl (C=O) groups is 1. The Kier molecular flexibility index (Phi) is 4.82. The summed E-state index contributed by atoms with van der Waals surface area (Å²) in [5.74, 6) is 0.357. The van der Waals surface area contributed by atoms with Gasteiger partial charge in [-0.05, 0) is 43.0 Å². The van der Waals surface area contributed by atoms with Crippen molar-refractivity contribution in [2.75, 3.05) is 13.2 Å². The SMILES string of the molecule is CC(F)c1cc2c(cc1CCCC(=O)O)OCCCO2. The van der Waals surface area contributed by atoms with Crippen LogP contribution in [0.2, 0.25) is 0 Å². The molecule has 0 amide bonds. The van der Waals surface area contributed by atoms with E-state index in [4.69, 9.17) is 14.6 Å². The van der Waals surface area contributed by atoms with Crippen LogP contribution in [0, 0.1) is 0 Å². The first-order valence-electron chi connectivity index (χ1n) is 6.86. The Morgan fingerprint density at radius 1 is 1.35 bits per heavy atom. The lowest BCUT2D eigenvalue weighted by Gasteiger charge is -2.15. The molecule has 0 aliphatic carbocycles. The van der Waals surface area contributed by atoms with Crippen LogP contribution in [-0.2, 0) is 11.2 Å². The minimum absolute atomic E-state index is 0.0779. The van der Waals surface area contributed by atoms with Gasteiger partial charge in [-0.2, -0.15) is 0 Å². The van der Waals surface area contributed by atoms with Gasteiger partial charge in [0.05, 0.1) is 13.2 Å². The van der Waals surface area contributed by atoms with Crippen molar-refractivity contribution in [1.29, 1.82) is 0 Å². The van der Waals surface area contributed by atoms with Crippen LogP contribution in [0.1, 0.15) is 43.5 Å². The quantitative estimate of drug-likeness (QED) is 0.900. The van der Waals surface area contributed by atoms with Gasteiger partial charge in [0, 0.05) is 12.8 Å². The molecule has 1 N–H and O–H groups in total. The highest BCUT2D eigenvalue weighted by atomic mass is 19.1. The molecular formula is C15H19FO4. The minimum atomic E-state index is -1.12. The lowest BCUT2D eigenvalue weighted by Crippen LogP contribution is -2.02. The zero-order valence-corrected chi connectivity index (χ0v) is 11.5. The molecule has 0 saturated carbocycles. The van der Waals surface area contributed by atoms with Crippen LogP contribution in [0.4, 0.5) is 4.39 Å². The maximum atomic E-state index is 13.7. The lowest BCUT2D eigenvalue weighted by molar-refractivity contribution is -0.137. The van der Waals surface area contributed by atoms with E-state index < -0.39 is 12.1 Å². The van der Waals surface area contributed by atoms with Crippen LogP contribution in [0.3, 0.4) is 0 Å². The molecule has 1 aliphatic rings. The van der Waals surface area contributed by atoms with Crippen molar-refractivity contribution in [3.05, 3.63) is 23.3 Å². The molecule has 1 unspecified atom stereocenters. The van der Waals surface area contributed by atoms with Gasteiger partial charge in [0.25, 0.3) is 0 Å². The zero-order chi connectivity index (χ0) is 14.5. The van der Waals surface area contributed by atoms with E-state index in [2.05, 4.69) is 0 Å². The van der Waals surface area contributed by atoms with E-state index in [1.165, 1.54) is 6.92 Å². The lowest BCUT2D eigenvalue weighted by atomic mass is 9.98. The molecule has 1 aromatic rings. The number of rotatable bonds is 5. The van der Waals surface area contributed by atoms with E-state index in [-0.39, 0.29) is 6.42 Å². The third-order valence-electron chi connectivity index (χ3n) is 3.27. The summed E-state index contributed by atoms with van der Waals surface area (Å²) in [4.78, 5) is 10.6. The molecule has 0 aromatic heterocycles. The summed E-state index contributed by atoms with van der Waals surface area (Å²) >= 11 is 0. The van der Waals surface area contributed by atoms with Crippen molar-refractivity contribution in [3.63, 3.8) is 0 Å². The molecule has 20 heavy (non-hydrogen) atoms. The predicted octanol–water partition coefficient (Wildman–Crippen LogP) is 3.29. The highest BCUT2D eigenvalue weighted by Gasteiger charge is 2.18. The fraction of sp³-hybridized carbons (Fsp3) is 0.533. The van der Waals surface area contributed by atoms with Gasteiger partial charge in [0.2, 0.25) is 0 Å². The summed E-state index contributed by atoms with van der Waals surface area (Å²) in [6.07, 6.45) is 0.756. The number of alkyl halides is 1. The number of fused-ring (bicyclic) bond motifs is 1. The Bertz CT molecular complexity index is 485. The monoisotopic (exact) mass is 282 g/mol. The zero-order valence-electron chi connectivity index (χ0n) is 11.5. The van der Waals surface area contributed by atoms with Gasteiger partial charge >= 0.3 is 5.97 Å². The molecule has 1 heterocycles. The number of aryl methyl sites for hydroxylation is 1. The molecule has 1 aromatic carbocycles. The fourth-order valence-corrected chi connectivity index (χ4v) is 2.28. The first-order chi connectivity index (χ1) is 9.58. The number of carboxylic acid groups (broad SMARTS) is 1. The second-order valence-electron chi connectivity index (χ2n) is 4.91. The summed E-state index contributed by atoms with van der Waals surface area (Å²) in [5.41, 5.74) is 1.35. The van der Waals surface area contributed by atoms with Crippen LogP contribution in [0.25, 0.3) is 0 Å². The number of halogens is 1. The summed E-state index contributed by atoms with van der Waals surface area (Å²) < 4.78 is 24.9. The maximum absolute atomic E-state index is 13.7. The predicted molar refractivity (Wildman–Crippen MR) is 72.1 cm³/mol. The number of hydrogen-bond acceptors (Lipinski definition) is 3. The standard InChI is InChI=1S/C15H19FO4/c1-10(16)12-9-14-13(19-6-3-7-20-14)8-11(12)4-2-5-15(17)18/h8-10H,2-7H2,1H3,(H,17,18). The Balaban J connectivity index is 2.23. The molecule has 0 radical (unpaired) electrons. The number of hydrogen-bond donors (Lipinski definition) is 1. The molecule has 0 saturated heterocycles. The Morgan fingerprint density at radius 2 is 2.00 bits per heavy atom. The van der Waals surface area contributed by atoms with Gasteiger partial charge < -0.3 is 14.6 Å². The van der Waals surface area contributed by atoms with Crippen LogP contribution >= 0.6 is 0 Å². The Hall–Kier alpha value is -1.78. The van der Waals surface area contributed by atoms with Gasteiger partial charge in [-0.3, -0.25) is 4.79 Å². The summed E-state index contributed by atoms with van der Waals surface area (Å²) in [6, 6.07) is 3.47. The van der Waals surface area contributed by atoms with Crippen LogP contribution < -0.4 is 9.47 Å². The average molecular weight is 282 g/mol. The van der Waals surface area contributed by atoms with Crippen molar-refractivity contribution < 1.29 is 23.8 Å². The second-order valence-corrected chi connectivity index (χ2v) is 4.91. The van der Waals surface area contributed by atoms with Gasteiger partial charge in [-0.15, -0.1) is 0 Å². The number of benzene rings is 1. The van der Waals surface area contributed by atoms with E-state index in [0.29, 0.717) is 43.1 Å². The van der Waals surface area contributed by atoms with E-state index in [9.17, 15) is 9.18 Å². The molecular weight excluding hydrogens is 263 g/mol. The first-order valence-corrected chi connectivity index (χ1v) is 6.86. The maximum Gasteiger partial charge on any atom is 0.303 e. The third kappa shape index (κ3) is 3.62. The average Bonchev–Trinajstić information content (AvgIpc) is 2.61. The summed E-state index contributed by atoms with van der Waals surface area (Å²) in [5, 5.41) is 8.68. The first kappa shape index (κ1) is 14.6. The van der Waals surface area contributed by atoms with Crippen molar-refractivity contribution >= 4 is 5.97 Å². The molecule has 2 rings (SSSR count). The smallest absolute Gasteiger partial charge is 0.303 e. The third-order valence-corrected chi connectivity index (χ3v) is 3.27. The molecule has 0 fully saturated rings. The van der Waals surface area contributed by atoms with Gasteiger partial charge in [-0.1, -0.05) is 0 Å². The van der Waals surface area contributed by atoms with E-state index in [1.54, 1.807) is 12.1 Å². The van der Waals surface area contributed by atoms with Gasteiger partial charge in [0.15, 0.2) is 11.5 Å². The normalized spacial score (nSPS) is 15.5.